The van der Waals surface area contributed by atoms with Crippen molar-refractivity contribution >= 4 is 21.6 Å². The van der Waals surface area contributed by atoms with E-state index in [0.717, 1.165) is 11.3 Å². The number of anilines is 1. The molecule has 1 aromatic carbocycles. The lowest BCUT2D eigenvalue weighted by Gasteiger charge is -2.35. The molecular weight excluding hydrogens is 326 g/mol. The van der Waals surface area contributed by atoms with Crippen LogP contribution in [-0.2, 0) is 5.33 Å². The fraction of sp³-hybridized carbons (Fsp3) is 0.538. The second kappa shape index (κ2) is 5.69. The molecule has 0 aromatic heterocycles. The summed E-state index contributed by atoms with van der Waals surface area (Å²) in [4.78, 5) is 1.90. The van der Waals surface area contributed by atoms with Gasteiger partial charge in [0.25, 0.3) is 0 Å². The summed E-state index contributed by atoms with van der Waals surface area (Å²) in [5, 5.41) is 0.485. The smallest absolute Gasteiger partial charge is 0.371 e. The topological polar surface area (TPSA) is 3.24 Å². The Morgan fingerprint density at radius 2 is 1.84 bits per heavy atom. The van der Waals surface area contributed by atoms with Crippen LogP contribution < -0.4 is 4.90 Å². The van der Waals surface area contributed by atoms with Crippen molar-refractivity contribution in [1.29, 1.82) is 0 Å². The number of hydrogen-bond acceptors (Lipinski definition) is 1. The van der Waals surface area contributed by atoms with E-state index in [9.17, 15) is 17.6 Å². The Hall–Kier alpha value is -0.780. The molecule has 19 heavy (non-hydrogen) atoms. The summed E-state index contributed by atoms with van der Waals surface area (Å²) >= 11 is 3.28. The third-order valence-electron chi connectivity index (χ3n) is 3.48. The number of alkyl halides is 4. The van der Waals surface area contributed by atoms with Gasteiger partial charge in [0, 0.05) is 24.1 Å². The molecule has 1 nitrogen and oxygen atoms in total. The van der Waals surface area contributed by atoms with E-state index >= 15 is 0 Å². The average molecular weight is 340 g/mol. The monoisotopic (exact) mass is 339 g/mol. The zero-order chi connectivity index (χ0) is 14.0. The van der Waals surface area contributed by atoms with E-state index in [2.05, 4.69) is 15.9 Å². The van der Waals surface area contributed by atoms with Crippen molar-refractivity contribution in [3.05, 3.63) is 29.6 Å². The molecule has 6 heteroatoms. The Balaban J connectivity index is 2.10. The molecule has 1 heterocycles. The lowest BCUT2D eigenvalue weighted by Crippen LogP contribution is -2.39. The highest BCUT2D eigenvalue weighted by Gasteiger charge is 2.41. The Morgan fingerprint density at radius 1 is 1.21 bits per heavy atom. The van der Waals surface area contributed by atoms with Crippen LogP contribution in [0.15, 0.2) is 18.2 Å². The van der Waals surface area contributed by atoms with Gasteiger partial charge in [-0.05, 0) is 36.6 Å². The molecule has 0 spiro atoms. The first kappa shape index (κ1) is 14.6. The lowest BCUT2D eigenvalue weighted by atomic mass is 9.95. The highest BCUT2D eigenvalue weighted by molar-refractivity contribution is 9.08. The summed E-state index contributed by atoms with van der Waals surface area (Å²) in [6.07, 6.45) is -3.90. The van der Waals surface area contributed by atoms with E-state index in [4.69, 9.17) is 0 Å². The van der Waals surface area contributed by atoms with Gasteiger partial charge in [-0.15, -0.1) is 0 Å². The normalized spacial score (nSPS) is 17.8. The summed E-state index contributed by atoms with van der Waals surface area (Å²) in [5.74, 6) is -1.54. The van der Waals surface area contributed by atoms with Gasteiger partial charge in [0.15, 0.2) is 0 Å². The van der Waals surface area contributed by atoms with Gasteiger partial charge in [-0.1, -0.05) is 15.9 Å². The number of nitrogens with zero attached hydrogens (tertiary/aromatic N) is 1. The van der Waals surface area contributed by atoms with Crippen molar-refractivity contribution in [3.63, 3.8) is 0 Å². The van der Waals surface area contributed by atoms with Gasteiger partial charge in [0.2, 0.25) is 0 Å². The number of halogens is 5. The van der Waals surface area contributed by atoms with Crippen LogP contribution in [0.4, 0.5) is 23.2 Å². The predicted molar refractivity (Wildman–Crippen MR) is 70.0 cm³/mol. The molecule has 0 atom stereocenters. The summed E-state index contributed by atoms with van der Waals surface area (Å²) in [7, 11) is 0. The summed E-state index contributed by atoms with van der Waals surface area (Å²) in [6.45, 7) is 0.714. The lowest BCUT2D eigenvalue weighted by molar-refractivity contribution is -0.179. The first-order valence-electron chi connectivity index (χ1n) is 6.08. The van der Waals surface area contributed by atoms with Gasteiger partial charge in [0.1, 0.15) is 5.82 Å². The molecule has 0 radical (unpaired) electrons. The van der Waals surface area contributed by atoms with Crippen LogP contribution >= 0.6 is 15.9 Å². The summed E-state index contributed by atoms with van der Waals surface area (Å²) < 4.78 is 50.9. The molecule has 0 N–H and O–H groups in total. The first-order chi connectivity index (χ1) is 8.91. The fourth-order valence-corrected chi connectivity index (χ4v) is 2.87. The second-order valence-corrected chi connectivity index (χ2v) is 5.27. The standard InChI is InChI=1S/C13H14BrF4N/c14-8-9-7-11(15)1-2-12(9)19-5-3-10(4-6-19)13(16,17)18/h1-2,7,10H,3-6,8H2. The Kier molecular flexibility index (Phi) is 4.38. The van der Waals surface area contributed by atoms with Crippen LogP contribution in [0.5, 0.6) is 0 Å². The SMILES string of the molecule is Fc1ccc(N2CCC(C(F)(F)F)CC2)c(CBr)c1. The van der Waals surface area contributed by atoms with Crippen LogP contribution in [0.2, 0.25) is 0 Å². The molecule has 0 amide bonds. The van der Waals surface area contributed by atoms with E-state index < -0.39 is 12.1 Å². The minimum absolute atomic E-state index is 0.0998. The van der Waals surface area contributed by atoms with E-state index in [0.29, 0.717) is 18.4 Å². The molecule has 1 aliphatic rings. The van der Waals surface area contributed by atoms with Gasteiger partial charge in [-0.2, -0.15) is 13.2 Å². The summed E-state index contributed by atoms with van der Waals surface area (Å²) in [6, 6.07) is 4.40. The van der Waals surface area contributed by atoms with Crippen molar-refractivity contribution < 1.29 is 17.6 Å². The van der Waals surface area contributed by atoms with Gasteiger partial charge in [0.05, 0.1) is 5.92 Å². The number of hydrogen-bond donors (Lipinski definition) is 0. The number of piperidine rings is 1. The molecule has 1 aliphatic heterocycles. The minimum Gasteiger partial charge on any atom is -0.371 e. The largest absolute Gasteiger partial charge is 0.391 e. The van der Waals surface area contributed by atoms with E-state index in [-0.39, 0.29) is 18.7 Å². The molecule has 0 saturated carbocycles. The van der Waals surface area contributed by atoms with E-state index in [1.807, 2.05) is 4.90 Å². The molecule has 2 rings (SSSR count). The van der Waals surface area contributed by atoms with E-state index in [1.165, 1.54) is 12.1 Å². The predicted octanol–water partition coefficient (Wildman–Crippen LogP) is 4.50. The minimum atomic E-state index is -4.10. The van der Waals surface area contributed by atoms with Crippen molar-refractivity contribution in [2.75, 3.05) is 18.0 Å². The maximum absolute atomic E-state index is 13.1. The van der Waals surface area contributed by atoms with Crippen molar-refractivity contribution in [2.45, 2.75) is 24.3 Å². The Morgan fingerprint density at radius 3 is 2.37 bits per heavy atom. The van der Waals surface area contributed by atoms with E-state index in [1.54, 1.807) is 6.07 Å². The van der Waals surface area contributed by atoms with Crippen LogP contribution in [0, 0.1) is 11.7 Å². The highest BCUT2D eigenvalue weighted by Crippen LogP contribution is 2.36. The van der Waals surface area contributed by atoms with Gasteiger partial charge in [-0.25, -0.2) is 4.39 Å². The average Bonchev–Trinajstić information content (AvgIpc) is 2.37. The molecule has 0 aliphatic carbocycles. The molecule has 106 valence electrons. The molecule has 0 bridgehead atoms. The maximum Gasteiger partial charge on any atom is 0.391 e. The zero-order valence-electron chi connectivity index (χ0n) is 10.2. The molecule has 1 aromatic rings. The maximum atomic E-state index is 13.1. The van der Waals surface area contributed by atoms with Crippen LogP contribution in [0.25, 0.3) is 0 Å². The van der Waals surface area contributed by atoms with Crippen LogP contribution in [0.1, 0.15) is 18.4 Å². The quantitative estimate of drug-likeness (QED) is 0.566. The fourth-order valence-electron chi connectivity index (χ4n) is 2.42. The Bertz CT molecular complexity index is 439. The summed E-state index contributed by atoms with van der Waals surface area (Å²) in [5.41, 5.74) is 1.59. The van der Waals surface area contributed by atoms with Crippen molar-refractivity contribution in [2.24, 2.45) is 5.92 Å². The third kappa shape index (κ3) is 3.41. The van der Waals surface area contributed by atoms with Gasteiger partial charge >= 0.3 is 6.18 Å². The molecular formula is C13H14BrF4N. The van der Waals surface area contributed by atoms with Crippen molar-refractivity contribution in [3.8, 4) is 0 Å². The van der Waals surface area contributed by atoms with Crippen LogP contribution in [0.3, 0.4) is 0 Å². The second-order valence-electron chi connectivity index (χ2n) is 4.71. The number of rotatable bonds is 2. The third-order valence-corrected chi connectivity index (χ3v) is 4.09. The molecule has 0 unspecified atom stereocenters. The van der Waals surface area contributed by atoms with Gasteiger partial charge < -0.3 is 4.90 Å². The highest BCUT2D eigenvalue weighted by atomic mass is 79.9. The molecule has 1 fully saturated rings. The van der Waals surface area contributed by atoms with Crippen LogP contribution in [-0.4, -0.2) is 19.3 Å². The number of benzene rings is 1. The zero-order valence-corrected chi connectivity index (χ0v) is 11.8. The van der Waals surface area contributed by atoms with Crippen molar-refractivity contribution in [1.82, 2.24) is 0 Å². The molecule has 1 saturated heterocycles. The van der Waals surface area contributed by atoms with Gasteiger partial charge in [-0.3, -0.25) is 0 Å². The Labute approximate surface area is 117 Å². The first-order valence-corrected chi connectivity index (χ1v) is 7.20.